The van der Waals surface area contributed by atoms with Crippen molar-refractivity contribution < 1.29 is 9.53 Å². The number of nitrogens with zero attached hydrogens (tertiary/aromatic N) is 1. The maximum Gasteiger partial charge on any atom is 0.254 e. The van der Waals surface area contributed by atoms with E-state index in [0.717, 1.165) is 36.7 Å². The van der Waals surface area contributed by atoms with Crippen LogP contribution >= 0.6 is 11.8 Å². The third kappa shape index (κ3) is 3.31. The maximum atomic E-state index is 12.5. The Bertz CT molecular complexity index is 859. The van der Waals surface area contributed by atoms with Gasteiger partial charge in [-0.2, -0.15) is 0 Å². The summed E-state index contributed by atoms with van der Waals surface area (Å²) >= 11 is 1.94. The second kappa shape index (κ2) is 6.72. The number of anilines is 1. The molecule has 7 heteroatoms. The van der Waals surface area contributed by atoms with Crippen LogP contribution in [0.2, 0.25) is 0 Å². The lowest BCUT2D eigenvalue weighted by Crippen LogP contribution is -2.60. The van der Waals surface area contributed by atoms with Crippen molar-refractivity contribution in [2.45, 2.75) is 17.2 Å². The van der Waals surface area contributed by atoms with Gasteiger partial charge >= 0.3 is 0 Å². The summed E-state index contributed by atoms with van der Waals surface area (Å²) in [5, 5.41) is 3.57. The second-order valence-corrected chi connectivity index (χ2v) is 8.36. The fourth-order valence-corrected chi connectivity index (χ4v) is 5.20. The number of aromatic nitrogens is 1. The predicted octanol–water partition coefficient (Wildman–Crippen LogP) is 2.20. The lowest BCUT2D eigenvalue weighted by atomic mass is 9.91. The highest BCUT2D eigenvalue weighted by molar-refractivity contribution is 8.01. The molecule has 1 spiro atoms. The standard InChI is InChI=1S/C19H21N3O3S/c1-25-16-4-2-14(3-5-16)21-15-9-19(26-10-15)11-22(12-19)18(24)13-6-7-20-17(23)8-13/h2-8,15,21H,9-12H2,1H3,(H,20,23). The average Bonchev–Trinajstić information content (AvgIpc) is 3.05. The van der Waals surface area contributed by atoms with Gasteiger partial charge in [-0.15, -0.1) is 11.8 Å². The Morgan fingerprint density at radius 1 is 1.31 bits per heavy atom. The van der Waals surface area contributed by atoms with E-state index in [1.165, 1.54) is 12.3 Å². The molecule has 136 valence electrons. The lowest BCUT2D eigenvalue weighted by Gasteiger charge is -2.47. The number of benzene rings is 1. The van der Waals surface area contributed by atoms with Crippen molar-refractivity contribution in [3.05, 3.63) is 58.5 Å². The van der Waals surface area contributed by atoms with E-state index in [1.54, 1.807) is 13.2 Å². The van der Waals surface area contributed by atoms with E-state index in [9.17, 15) is 9.59 Å². The van der Waals surface area contributed by atoms with E-state index in [1.807, 2.05) is 40.9 Å². The first-order chi connectivity index (χ1) is 12.6. The molecule has 2 aliphatic heterocycles. The molecule has 0 aliphatic carbocycles. The summed E-state index contributed by atoms with van der Waals surface area (Å²) in [6.07, 6.45) is 2.55. The minimum Gasteiger partial charge on any atom is -0.497 e. The number of ether oxygens (including phenoxy) is 1. The van der Waals surface area contributed by atoms with Gasteiger partial charge in [-0.3, -0.25) is 9.59 Å². The van der Waals surface area contributed by atoms with Crippen LogP contribution in [0, 0.1) is 0 Å². The molecule has 4 rings (SSSR count). The molecule has 0 radical (unpaired) electrons. The zero-order valence-corrected chi connectivity index (χ0v) is 15.3. The minimum absolute atomic E-state index is 0.0612. The fourth-order valence-electron chi connectivity index (χ4n) is 3.63. The molecule has 1 unspecified atom stereocenters. The van der Waals surface area contributed by atoms with Crippen molar-refractivity contribution in [3.63, 3.8) is 0 Å². The molecule has 2 fully saturated rings. The van der Waals surface area contributed by atoms with E-state index < -0.39 is 0 Å². The highest BCUT2D eigenvalue weighted by Gasteiger charge is 2.50. The summed E-state index contributed by atoms with van der Waals surface area (Å²) in [4.78, 5) is 28.2. The Morgan fingerprint density at radius 3 is 2.77 bits per heavy atom. The Hall–Kier alpha value is -2.41. The summed E-state index contributed by atoms with van der Waals surface area (Å²) < 4.78 is 5.33. The van der Waals surface area contributed by atoms with Gasteiger partial charge in [-0.25, -0.2) is 0 Å². The number of thioether (sulfide) groups is 1. The molecule has 6 nitrogen and oxygen atoms in total. The molecule has 1 amide bonds. The minimum atomic E-state index is -0.245. The van der Waals surface area contributed by atoms with E-state index in [-0.39, 0.29) is 16.2 Å². The smallest absolute Gasteiger partial charge is 0.254 e. The van der Waals surface area contributed by atoms with Crippen molar-refractivity contribution in [1.29, 1.82) is 0 Å². The molecule has 26 heavy (non-hydrogen) atoms. The van der Waals surface area contributed by atoms with Crippen LogP contribution < -0.4 is 15.6 Å². The summed E-state index contributed by atoms with van der Waals surface area (Å²) in [6.45, 7) is 1.48. The molecule has 1 aromatic heterocycles. The number of likely N-dealkylation sites (tertiary alicyclic amines) is 1. The number of pyridine rings is 1. The van der Waals surface area contributed by atoms with Crippen LogP contribution in [0.4, 0.5) is 5.69 Å². The predicted molar refractivity (Wildman–Crippen MR) is 103 cm³/mol. The molecule has 0 bridgehead atoms. The molecule has 2 aliphatic rings. The summed E-state index contributed by atoms with van der Waals surface area (Å²) in [6, 6.07) is 11.4. The van der Waals surface area contributed by atoms with Crippen LogP contribution in [0.15, 0.2) is 47.4 Å². The first kappa shape index (κ1) is 17.0. The van der Waals surface area contributed by atoms with E-state index in [2.05, 4.69) is 10.3 Å². The number of methoxy groups -OCH3 is 1. The first-order valence-electron chi connectivity index (χ1n) is 8.59. The third-order valence-electron chi connectivity index (χ3n) is 4.94. The molecule has 3 heterocycles. The zero-order chi connectivity index (χ0) is 18.1. The van der Waals surface area contributed by atoms with E-state index in [0.29, 0.717) is 11.6 Å². The highest BCUT2D eigenvalue weighted by Crippen LogP contribution is 2.46. The van der Waals surface area contributed by atoms with Gasteiger partial charge in [0.25, 0.3) is 5.91 Å². The van der Waals surface area contributed by atoms with Gasteiger partial charge in [-0.1, -0.05) is 0 Å². The van der Waals surface area contributed by atoms with Crippen molar-refractivity contribution in [2.75, 3.05) is 31.3 Å². The molecular formula is C19H21N3O3S. The fraction of sp³-hybridized carbons (Fsp3) is 0.368. The van der Waals surface area contributed by atoms with Gasteiger partial charge in [0.1, 0.15) is 5.75 Å². The second-order valence-electron chi connectivity index (χ2n) is 6.87. The largest absolute Gasteiger partial charge is 0.497 e. The molecular weight excluding hydrogens is 350 g/mol. The van der Waals surface area contributed by atoms with Crippen LogP contribution in [0.1, 0.15) is 16.8 Å². The number of hydrogen-bond acceptors (Lipinski definition) is 5. The average molecular weight is 371 g/mol. The van der Waals surface area contributed by atoms with Crippen LogP contribution in [-0.4, -0.2) is 52.5 Å². The Labute approximate surface area is 155 Å². The number of H-pyrrole nitrogens is 1. The van der Waals surface area contributed by atoms with Gasteiger partial charge in [-0.05, 0) is 36.8 Å². The normalized spacial score (nSPS) is 20.7. The number of carbonyl (C=O) groups excluding carboxylic acids is 1. The van der Waals surface area contributed by atoms with Crippen molar-refractivity contribution >= 4 is 23.4 Å². The van der Waals surface area contributed by atoms with Gasteiger partial charge < -0.3 is 19.9 Å². The highest BCUT2D eigenvalue weighted by atomic mass is 32.2. The number of carbonyl (C=O) groups is 1. The molecule has 2 N–H and O–H groups in total. The monoisotopic (exact) mass is 371 g/mol. The molecule has 2 aromatic rings. The van der Waals surface area contributed by atoms with Crippen molar-refractivity contribution in [3.8, 4) is 5.75 Å². The molecule has 0 saturated carbocycles. The summed E-state index contributed by atoms with van der Waals surface area (Å²) in [5.74, 6) is 1.81. The Kier molecular flexibility index (Phi) is 4.40. The molecule has 1 aromatic carbocycles. The van der Waals surface area contributed by atoms with Crippen LogP contribution in [0.25, 0.3) is 0 Å². The maximum absolute atomic E-state index is 12.5. The quantitative estimate of drug-likeness (QED) is 0.862. The topological polar surface area (TPSA) is 74.4 Å². The number of hydrogen-bond donors (Lipinski definition) is 2. The van der Waals surface area contributed by atoms with Gasteiger partial charge in [0, 0.05) is 48.4 Å². The zero-order valence-electron chi connectivity index (χ0n) is 14.5. The first-order valence-corrected chi connectivity index (χ1v) is 9.58. The van der Waals surface area contributed by atoms with Gasteiger partial charge in [0.2, 0.25) is 5.56 Å². The number of aromatic amines is 1. The van der Waals surface area contributed by atoms with Crippen LogP contribution in [0.3, 0.4) is 0 Å². The Balaban J connectivity index is 1.33. The van der Waals surface area contributed by atoms with Crippen LogP contribution in [-0.2, 0) is 0 Å². The third-order valence-corrected chi connectivity index (χ3v) is 6.54. The number of nitrogens with one attached hydrogen (secondary N) is 2. The Morgan fingerprint density at radius 2 is 2.08 bits per heavy atom. The van der Waals surface area contributed by atoms with Gasteiger partial charge in [0.15, 0.2) is 0 Å². The summed E-state index contributed by atoms with van der Waals surface area (Å²) in [5.41, 5.74) is 1.30. The summed E-state index contributed by atoms with van der Waals surface area (Å²) in [7, 11) is 1.66. The number of amides is 1. The van der Waals surface area contributed by atoms with Crippen molar-refractivity contribution in [1.82, 2.24) is 9.88 Å². The number of rotatable bonds is 4. The van der Waals surface area contributed by atoms with Gasteiger partial charge in [0.05, 0.1) is 11.9 Å². The van der Waals surface area contributed by atoms with E-state index in [4.69, 9.17) is 4.74 Å². The van der Waals surface area contributed by atoms with E-state index >= 15 is 0 Å². The lowest BCUT2D eigenvalue weighted by molar-refractivity contribution is 0.0557. The molecule has 1 atom stereocenters. The van der Waals surface area contributed by atoms with Crippen molar-refractivity contribution in [2.24, 2.45) is 0 Å². The SMILES string of the molecule is COc1ccc(NC2CSC3(C2)CN(C(=O)c2cc[nH]c(=O)c2)C3)cc1. The van der Waals surface area contributed by atoms with Crippen LogP contribution in [0.5, 0.6) is 5.75 Å². The molecule has 2 saturated heterocycles.